The zero-order valence-corrected chi connectivity index (χ0v) is 45.8. The first-order valence-electron chi connectivity index (χ1n) is 29.9. The zero-order valence-electron chi connectivity index (χ0n) is 45.8. The molecule has 3 aromatic carbocycles. The number of rotatable bonds is 32. The largest absolute Gasteiger partial charge is 0.375 e. The van der Waals surface area contributed by atoms with E-state index in [2.05, 4.69) is 139 Å². The Morgan fingerprint density at radius 1 is 0.571 bits per heavy atom. The second-order valence-electron chi connectivity index (χ2n) is 24.4. The number of hydrogen-bond acceptors (Lipinski definition) is 3. The van der Waals surface area contributed by atoms with Crippen molar-refractivity contribution in [1.82, 2.24) is 0 Å². The molecule has 0 aliphatic heterocycles. The van der Waals surface area contributed by atoms with Crippen molar-refractivity contribution < 1.29 is 14.2 Å². The molecule has 4 aliphatic carbocycles. The van der Waals surface area contributed by atoms with Crippen LogP contribution < -0.4 is 0 Å². The Labute approximate surface area is 430 Å². The number of allylic oxidation sites excluding steroid dienone is 1. The van der Waals surface area contributed by atoms with Crippen LogP contribution in [0.2, 0.25) is 0 Å². The third-order valence-electron chi connectivity index (χ3n) is 19.2. The molecule has 0 amide bonds. The van der Waals surface area contributed by atoms with E-state index < -0.39 is 5.60 Å². The predicted molar refractivity (Wildman–Crippen MR) is 297 cm³/mol. The van der Waals surface area contributed by atoms with E-state index in [-0.39, 0.29) is 12.2 Å². The normalized spacial score (nSPS) is 26.3. The fraction of sp³-hybridized carbons (Fsp3) is 0.701. The summed E-state index contributed by atoms with van der Waals surface area (Å²) in [6.07, 6.45) is 39.5. The molecule has 3 aromatic rings. The highest BCUT2D eigenvalue weighted by atomic mass is 16.6. The monoisotopic (exact) mass is 955 g/mol. The molecule has 0 aromatic heterocycles. The minimum atomic E-state index is -0.781. The number of benzene rings is 3. The minimum absolute atomic E-state index is 0.163. The predicted octanol–water partition coefficient (Wildman–Crippen LogP) is 19.1. The summed E-state index contributed by atoms with van der Waals surface area (Å²) in [6, 6.07) is 32.5. The van der Waals surface area contributed by atoms with Crippen LogP contribution in [-0.4, -0.2) is 32.0 Å². The van der Waals surface area contributed by atoms with Gasteiger partial charge in [-0.3, -0.25) is 0 Å². The van der Waals surface area contributed by atoms with Crippen LogP contribution in [0.4, 0.5) is 0 Å². The summed E-state index contributed by atoms with van der Waals surface area (Å²) in [7, 11) is 0. The van der Waals surface area contributed by atoms with Crippen LogP contribution in [0.5, 0.6) is 0 Å². The molecule has 3 saturated carbocycles. The molecule has 0 bridgehead atoms. The van der Waals surface area contributed by atoms with Crippen LogP contribution in [0, 0.1) is 46.3 Å². The van der Waals surface area contributed by atoms with Gasteiger partial charge in [0.05, 0.1) is 19.3 Å². The van der Waals surface area contributed by atoms with Crippen LogP contribution in [0.1, 0.15) is 232 Å². The molecule has 4 aliphatic rings. The maximum absolute atomic E-state index is 7.41. The number of hydrogen-bond donors (Lipinski definition) is 0. The van der Waals surface area contributed by atoms with Gasteiger partial charge >= 0.3 is 0 Å². The third kappa shape index (κ3) is 14.3. The third-order valence-corrected chi connectivity index (χ3v) is 19.2. The highest BCUT2D eigenvalue weighted by Gasteiger charge is 2.59. The lowest BCUT2D eigenvalue weighted by molar-refractivity contribution is -0.111. The van der Waals surface area contributed by atoms with Gasteiger partial charge in [0.1, 0.15) is 11.7 Å². The topological polar surface area (TPSA) is 27.7 Å². The summed E-state index contributed by atoms with van der Waals surface area (Å²) in [4.78, 5) is 0. The number of ether oxygens (including phenoxy) is 3. The van der Waals surface area contributed by atoms with E-state index in [0.29, 0.717) is 24.0 Å². The van der Waals surface area contributed by atoms with Gasteiger partial charge in [0.2, 0.25) is 0 Å². The maximum Gasteiger partial charge on any atom is 0.143 e. The van der Waals surface area contributed by atoms with Crippen molar-refractivity contribution >= 4 is 0 Å². The first-order valence-corrected chi connectivity index (χ1v) is 29.9. The number of unbranched alkanes of at least 4 members (excludes halogenated alkanes) is 15. The van der Waals surface area contributed by atoms with Crippen molar-refractivity contribution in [3.8, 4) is 0 Å². The quantitative estimate of drug-likeness (QED) is 0.0355. The smallest absolute Gasteiger partial charge is 0.143 e. The molecule has 0 N–H and O–H groups in total. The second kappa shape index (κ2) is 28.1. The van der Waals surface area contributed by atoms with E-state index in [1.807, 2.05) is 0 Å². The van der Waals surface area contributed by atoms with Crippen molar-refractivity contribution in [3.05, 3.63) is 119 Å². The van der Waals surface area contributed by atoms with Gasteiger partial charge in [0.25, 0.3) is 0 Å². The summed E-state index contributed by atoms with van der Waals surface area (Å²) in [5.41, 5.74) is 5.17. The first-order chi connectivity index (χ1) is 34.2. The highest BCUT2D eigenvalue weighted by Crippen LogP contribution is 2.67. The SMILES string of the molecule is CCCCCCCCCCCCCCCCCCOC(CO[C@H]1CC[C@@]2(C)C(=CC[C@H]3[C@@H]4CC[C@H]([C@H](C)CCCC(C)C)[C@@]4(C)CC[C@@H]32)C1)COC(c1ccccc1)(c1ccccc1)c1ccccc1. The molecule has 388 valence electrons. The first kappa shape index (κ1) is 55.0. The minimum Gasteiger partial charge on any atom is -0.375 e. The van der Waals surface area contributed by atoms with Crippen molar-refractivity contribution in [2.75, 3.05) is 19.8 Å². The lowest BCUT2D eigenvalue weighted by atomic mass is 9.47. The van der Waals surface area contributed by atoms with Crippen LogP contribution in [0.3, 0.4) is 0 Å². The highest BCUT2D eigenvalue weighted by molar-refractivity contribution is 5.47. The van der Waals surface area contributed by atoms with Gasteiger partial charge < -0.3 is 14.2 Å². The number of fused-ring (bicyclic) bond motifs is 5. The Bertz CT molecular complexity index is 1810. The van der Waals surface area contributed by atoms with E-state index >= 15 is 0 Å². The molecular formula is C67H102O3. The van der Waals surface area contributed by atoms with Crippen molar-refractivity contribution in [1.29, 1.82) is 0 Å². The van der Waals surface area contributed by atoms with E-state index in [1.165, 1.54) is 154 Å². The van der Waals surface area contributed by atoms with Gasteiger partial charge in [-0.2, -0.15) is 0 Å². The summed E-state index contributed by atoms with van der Waals surface area (Å²) < 4.78 is 21.4. The molecule has 3 fully saturated rings. The van der Waals surface area contributed by atoms with Crippen molar-refractivity contribution in [3.63, 3.8) is 0 Å². The Balaban J connectivity index is 0.953. The standard InChI is InChI=1S/C67H102O3/c1-7-8-9-10-11-12-13-14-15-16-17-18-19-20-21-31-49-68-60(52-70-67(55-35-25-22-26-36-55,56-37-27-23-28-38-56)57-39-29-24-30-40-57)51-69-59-45-47-65(5)58(50-59)41-42-61-63-44-43-62(54(4)34-32-33-53(2)3)66(63,6)48-46-64(61)65/h22-30,35-41,53-54,59-64H,7-21,31-34,42-52H2,1-6H3/t54-,59+,60?,61+,62-,63+,64+,65+,66-/m1/s1. The molecular weight excluding hydrogens is 853 g/mol. The second-order valence-corrected chi connectivity index (χ2v) is 24.4. The Hall–Kier alpha value is -2.72. The molecule has 7 rings (SSSR count). The lowest BCUT2D eigenvalue weighted by Crippen LogP contribution is -2.51. The van der Waals surface area contributed by atoms with E-state index in [0.717, 1.165) is 78.1 Å². The van der Waals surface area contributed by atoms with Crippen molar-refractivity contribution in [2.45, 2.75) is 233 Å². The molecule has 0 heterocycles. The van der Waals surface area contributed by atoms with Gasteiger partial charge in [0.15, 0.2) is 0 Å². The Kier molecular flexibility index (Phi) is 22.1. The fourth-order valence-corrected chi connectivity index (χ4v) is 15.1. The van der Waals surface area contributed by atoms with Gasteiger partial charge in [-0.15, -0.1) is 0 Å². The van der Waals surface area contributed by atoms with Gasteiger partial charge in [0, 0.05) is 6.61 Å². The Morgan fingerprint density at radius 3 is 1.66 bits per heavy atom. The van der Waals surface area contributed by atoms with Crippen LogP contribution >= 0.6 is 0 Å². The molecule has 0 spiro atoms. The van der Waals surface area contributed by atoms with E-state index in [4.69, 9.17) is 14.2 Å². The summed E-state index contributed by atoms with van der Waals surface area (Å²) in [5.74, 6) is 5.18. The molecule has 3 nitrogen and oxygen atoms in total. The van der Waals surface area contributed by atoms with Gasteiger partial charge in [-0.05, 0) is 121 Å². The van der Waals surface area contributed by atoms with Crippen LogP contribution in [0.15, 0.2) is 103 Å². The average Bonchev–Trinajstić information content (AvgIpc) is 3.74. The summed E-state index contributed by atoms with van der Waals surface area (Å²) >= 11 is 0. The maximum atomic E-state index is 7.41. The van der Waals surface area contributed by atoms with E-state index in [9.17, 15) is 0 Å². The molecule has 70 heavy (non-hydrogen) atoms. The Morgan fingerprint density at radius 2 is 1.11 bits per heavy atom. The van der Waals surface area contributed by atoms with E-state index in [1.54, 1.807) is 5.57 Å². The molecule has 1 unspecified atom stereocenters. The molecule has 0 saturated heterocycles. The van der Waals surface area contributed by atoms with Crippen LogP contribution in [0.25, 0.3) is 0 Å². The zero-order chi connectivity index (χ0) is 49.1. The summed E-state index contributed by atoms with van der Waals surface area (Å²) in [5, 5.41) is 0. The lowest BCUT2D eigenvalue weighted by Gasteiger charge is -2.58. The molecule has 9 atom stereocenters. The van der Waals surface area contributed by atoms with Gasteiger partial charge in [-0.25, -0.2) is 0 Å². The molecule has 0 radical (unpaired) electrons. The molecule has 3 heteroatoms. The van der Waals surface area contributed by atoms with Crippen molar-refractivity contribution in [2.24, 2.45) is 46.3 Å². The van der Waals surface area contributed by atoms with Crippen LogP contribution in [-0.2, 0) is 19.8 Å². The summed E-state index contributed by atoms with van der Waals surface area (Å²) in [6.45, 7) is 16.9. The fourth-order valence-electron chi connectivity index (χ4n) is 15.1. The average molecular weight is 956 g/mol. The van der Waals surface area contributed by atoms with Gasteiger partial charge in [-0.1, -0.05) is 260 Å².